The number of cyclic esters (lactones) is 1. The van der Waals surface area contributed by atoms with Gasteiger partial charge in [-0.2, -0.15) is 0 Å². The van der Waals surface area contributed by atoms with Crippen LogP contribution in [0.5, 0.6) is 5.75 Å². The van der Waals surface area contributed by atoms with E-state index in [4.69, 9.17) is 9.47 Å². The Morgan fingerprint density at radius 3 is 2.35 bits per heavy atom. The standard InChI is InChI=1S/C21H19NO4/c1-12-7-5-6-8-17(12)20-22-18(21(24)26-20)11-16-9-13(2)19(14(3)10-16)25-15(4)23/h5-11H,1-4H3/b18-11-. The molecule has 1 aliphatic rings. The molecule has 2 aromatic rings. The van der Waals surface area contributed by atoms with Gasteiger partial charge in [-0.25, -0.2) is 9.79 Å². The molecule has 3 rings (SSSR count). The highest BCUT2D eigenvalue weighted by molar-refractivity contribution is 6.13. The molecule has 132 valence electrons. The van der Waals surface area contributed by atoms with Crippen molar-refractivity contribution in [3.05, 3.63) is 69.9 Å². The normalized spacial score (nSPS) is 15.0. The molecule has 0 aliphatic carbocycles. The first-order chi connectivity index (χ1) is 12.3. The minimum absolute atomic E-state index is 0.238. The topological polar surface area (TPSA) is 65.0 Å². The molecule has 26 heavy (non-hydrogen) atoms. The number of ether oxygens (including phenoxy) is 2. The number of aryl methyl sites for hydroxylation is 3. The van der Waals surface area contributed by atoms with Crippen LogP contribution in [0, 0.1) is 20.8 Å². The highest BCUT2D eigenvalue weighted by Crippen LogP contribution is 2.27. The summed E-state index contributed by atoms with van der Waals surface area (Å²) in [4.78, 5) is 27.7. The van der Waals surface area contributed by atoms with E-state index in [2.05, 4.69) is 4.99 Å². The first-order valence-corrected chi connectivity index (χ1v) is 8.23. The van der Waals surface area contributed by atoms with Crippen molar-refractivity contribution in [1.29, 1.82) is 0 Å². The number of carbonyl (C=O) groups excluding carboxylic acids is 2. The maximum atomic E-state index is 12.2. The van der Waals surface area contributed by atoms with Crippen LogP contribution in [0.1, 0.15) is 34.7 Å². The van der Waals surface area contributed by atoms with E-state index in [-0.39, 0.29) is 11.7 Å². The van der Waals surface area contributed by atoms with Crippen LogP contribution in [0.25, 0.3) is 6.08 Å². The Bertz CT molecular complexity index is 947. The predicted octanol–water partition coefficient (Wildman–Crippen LogP) is 3.88. The molecule has 0 radical (unpaired) electrons. The first-order valence-electron chi connectivity index (χ1n) is 8.23. The van der Waals surface area contributed by atoms with Gasteiger partial charge in [0.2, 0.25) is 5.90 Å². The van der Waals surface area contributed by atoms with Gasteiger partial charge in [0.05, 0.1) is 0 Å². The van der Waals surface area contributed by atoms with Crippen LogP contribution in [-0.2, 0) is 14.3 Å². The minimum atomic E-state index is -0.484. The Balaban J connectivity index is 1.96. The second-order valence-corrected chi connectivity index (χ2v) is 6.23. The summed E-state index contributed by atoms with van der Waals surface area (Å²) < 4.78 is 10.6. The lowest BCUT2D eigenvalue weighted by molar-refractivity contribution is -0.132. The predicted molar refractivity (Wildman–Crippen MR) is 99.0 cm³/mol. The van der Waals surface area contributed by atoms with Crippen LogP contribution in [0.15, 0.2) is 47.1 Å². The van der Waals surface area contributed by atoms with Crippen molar-refractivity contribution in [1.82, 2.24) is 0 Å². The van der Waals surface area contributed by atoms with E-state index >= 15 is 0 Å². The quantitative estimate of drug-likeness (QED) is 0.479. The van der Waals surface area contributed by atoms with E-state index in [9.17, 15) is 9.59 Å². The number of esters is 2. The SMILES string of the molecule is CC(=O)Oc1c(C)cc(/C=C2\N=C(c3ccccc3C)OC2=O)cc1C. The highest BCUT2D eigenvalue weighted by atomic mass is 16.6. The fourth-order valence-corrected chi connectivity index (χ4v) is 2.87. The Morgan fingerprint density at radius 2 is 1.73 bits per heavy atom. The molecule has 0 fully saturated rings. The van der Waals surface area contributed by atoms with Gasteiger partial charge in [-0.3, -0.25) is 4.79 Å². The fourth-order valence-electron chi connectivity index (χ4n) is 2.87. The zero-order chi connectivity index (χ0) is 18.8. The molecule has 0 spiro atoms. The fraction of sp³-hybridized carbons (Fsp3) is 0.190. The van der Waals surface area contributed by atoms with Crippen LogP contribution < -0.4 is 4.74 Å². The third kappa shape index (κ3) is 3.57. The van der Waals surface area contributed by atoms with Crippen LogP contribution in [0.3, 0.4) is 0 Å². The summed E-state index contributed by atoms with van der Waals surface area (Å²) in [5.41, 5.74) is 4.42. The second-order valence-electron chi connectivity index (χ2n) is 6.23. The molecule has 5 heteroatoms. The van der Waals surface area contributed by atoms with Gasteiger partial charge in [0.1, 0.15) is 5.75 Å². The van der Waals surface area contributed by atoms with Crippen molar-refractivity contribution in [2.45, 2.75) is 27.7 Å². The summed E-state index contributed by atoms with van der Waals surface area (Å²) in [6.45, 7) is 7.00. The van der Waals surface area contributed by atoms with Gasteiger partial charge in [-0.1, -0.05) is 18.2 Å². The molecule has 0 saturated carbocycles. The third-order valence-electron chi connectivity index (χ3n) is 4.03. The summed E-state index contributed by atoms with van der Waals surface area (Å²) >= 11 is 0. The number of rotatable bonds is 3. The van der Waals surface area contributed by atoms with Crippen LogP contribution in [0.4, 0.5) is 0 Å². The lowest BCUT2D eigenvalue weighted by Crippen LogP contribution is -2.06. The molecule has 0 N–H and O–H groups in total. The molecule has 0 atom stereocenters. The molecule has 0 unspecified atom stereocenters. The van der Waals surface area contributed by atoms with E-state index in [1.807, 2.05) is 57.2 Å². The number of carbonyl (C=O) groups is 2. The zero-order valence-corrected chi connectivity index (χ0v) is 15.1. The number of benzene rings is 2. The summed E-state index contributed by atoms with van der Waals surface area (Å²) in [6.07, 6.45) is 1.67. The van der Waals surface area contributed by atoms with Gasteiger partial charge in [-0.15, -0.1) is 0 Å². The van der Waals surface area contributed by atoms with Crippen LogP contribution >= 0.6 is 0 Å². The third-order valence-corrected chi connectivity index (χ3v) is 4.03. The van der Waals surface area contributed by atoms with Gasteiger partial charge in [-0.05, 0) is 67.3 Å². The van der Waals surface area contributed by atoms with Crippen molar-refractivity contribution < 1.29 is 19.1 Å². The van der Waals surface area contributed by atoms with Crippen molar-refractivity contribution >= 4 is 23.9 Å². The molecule has 0 saturated heterocycles. The van der Waals surface area contributed by atoms with E-state index < -0.39 is 5.97 Å². The first kappa shape index (κ1) is 17.6. The van der Waals surface area contributed by atoms with Gasteiger partial charge in [0.25, 0.3) is 0 Å². The Kier molecular flexibility index (Phi) is 4.71. The molecule has 0 amide bonds. The average Bonchev–Trinajstić information content (AvgIpc) is 2.92. The molecule has 0 bridgehead atoms. The number of aliphatic imine (C=N–C) groups is 1. The average molecular weight is 349 g/mol. The number of hydrogen-bond donors (Lipinski definition) is 0. The largest absolute Gasteiger partial charge is 0.426 e. The second kappa shape index (κ2) is 6.96. The summed E-state index contributed by atoms with van der Waals surface area (Å²) in [5, 5.41) is 0. The van der Waals surface area contributed by atoms with Crippen LogP contribution in [-0.4, -0.2) is 17.8 Å². The maximum absolute atomic E-state index is 12.2. The zero-order valence-electron chi connectivity index (χ0n) is 15.1. The monoisotopic (exact) mass is 349 g/mol. The minimum Gasteiger partial charge on any atom is -0.426 e. The molecular formula is C21H19NO4. The number of hydrogen-bond acceptors (Lipinski definition) is 5. The van der Waals surface area contributed by atoms with E-state index in [1.165, 1.54) is 6.92 Å². The van der Waals surface area contributed by atoms with Gasteiger partial charge in [0.15, 0.2) is 5.70 Å². The van der Waals surface area contributed by atoms with Crippen LogP contribution in [0.2, 0.25) is 0 Å². The van der Waals surface area contributed by atoms with Gasteiger partial charge in [0, 0.05) is 12.5 Å². The molecule has 2 aromatic carbocycles. The molecular weight excluding hydrogens is 330 g/mol. The Morgan fingerprint density at radius 1 is 1.08 bits per heavy atom. The van der Waals surface area contributed by atoms with Crippen molar-refractivity contribution in [3.63, 3.8) is 0 Å². The summed E-state index contributed by atoms with van der Waals surface area (Å²) in [7, 11) is 0. The summed E-state index contributed by atoms with van der Waals surface area (Å²) in [6, 6.07) is 11.3. The van der Waals surface area contributed by atoms with E-state index in [0.29, 0.717) is 11.6 Å². The Labute approximate surface area is 152 Å². The molecule has 1 aliphatic heterocycles. The summed E-state index contributed by atoms with van der Waals surface area (Å²) in [5.74, 6) is -0.00107. The smallest absolute Gasteiger partial charge is 0.363 e. The van der Waals surface area contributed by atoms with E-state index in [0.717, 1.165) is 27.8 Å². The van der Waals surface area contributed by atoms with Crippen molar-refractivity contribution in [2.24, 2.45) is 4.99 Å². The Hall–Kier alpha value is -3.21. The van der Waals surface area contributed by atoms with Gasteiger partial charge >= 0.3 is 11.9 Å². The maximum Gasteiger partial charge on any atom is 0.363 e. The lowest BCUT2D eigenvalue weighted by Gasteiger charge is -2.10. The van der Waals surface area contributed by atoms with Crippen molar-refractivity contribution in [2.75, 3.05) is 0 Å². The van der Waals surface area contributed by atoms with Crippen molar-refractivity contribution in [3.8, 4) is 5.75 Å². The lowest BCUT2D eigenvalue weighted by atomic mass is 10.0. The number of nitrogens with zero attached hydrogens (tertiary/aromatic N) is 1. The van der Waals surface area contributed by atoms with Gasteiger partial charge < -0.3 is 9.47 Å². The van der Waals surface area contributed by atoms with E-state index in [1.54, 1.807) is 6.08 Å². The highest BCUT2D eigenvalue weighted by Gasteiger charge is 2.25. The molecule has 0 aromatic heterocycles. The molecule has 5 nitrogen and oxygen atoms in total. The molecule has 1 heterocycles.